The highest BCUT2D eigenvalue weighted by Crippen LogP contribution is 2.41. The van der Waals surface area contributed by atoms with Crippen molar-refractivity contribution in [3.8, 4) is 0 Å². The number of guanidine groups is 2. The van der Waals surface area contributed by atoms with Crippen molar-refractivity contribution >= 4 is 39.5 Å². The lowest BCUT2D eigenvalue weighted by Crippen LogP contribution is -2.58. The maximum Gasteiger partial charge on any atom is 0.340 e. The van der Waals surface area contributed by atoms with Crippen LogP contribution in [-0.2, 0) is 4.74 Å². The highest BCUT2D eigenvalue weighted by atomic mass is 79.9. The lowest BCUT2D eigenvalue weighted by atomic mass is 9.87. The molecule has 25 heavy (non-hydrogen) atoms. The Kier molecular flexibility index (Phi) is 4.68. The van der Waals surface area contributed by atoms with Crippen molar-refractivity contribution in [3.63, 3.8) is 0 Å². The number of rotatable bonds is 2. The third-order valence-electron chi connectivity index (χ3n) is 4.52. The van der Waals surface area contributed by atoms with Crippen molar-refractivity contribution in [2.75, 3.05) is 12.0 Å². The second-order valence-corrected chi connectivity index (χ2v) is 7.01. The zero-order chi connectivity index (χ0) is 18.2. The molecule has 1 saturated carbocycles. The number of carbonyl (C=O) groups is 1. The molecule has 9 heteroatoms. The van der Waals surface area contributed by atoms with Crippen LogP contribution in [0.5, 0.6) is 0 Å². The molecule has 134 valence electrons. The predicted molar refractivity (Wildman–Crippen MR) is 97.0 cm³/mol. The normalized spacial score (nSPS) is 19.4. The van der Waals surface area contributed by atoms with Crippen molar-refractivity contribution in [2.45, 2.75) is 37.8 Å². The minimum Gasteiger partial charge on any atom is -0.465 e. The summed E-state index contributed by atoms with van der Waals surface area (Å²) in [7, 11) is 1.20. The molecule has 0 saturated heterocycles. The van der Waals surface area contributed by atoms with E-state index in [9.17, 15) is 4.79 Å². The number of ether oxygens (including phenoxy) is 1. The molecule has 1 spiro atoms. The van der Waals surface area contributed by atoms with Crippen LogP contribution >= 0.6 is 15.9 Å². The number of anilines is 1. The maximum absolute atomic E-state index is 15.1. The van der Waals surface area contributed by atoms with Gasteiger partial charge in [-0.05, 0) is 37.8 Å². The quantitative estimate of drug-likeness (QED) is 0.726. The van der Waals surface area contributed by atoms with E-state index in [1.54, 1.807) is 11.0 Å². The van der Waals surface area contributed by atoms with Gasteiger partial charge in [0.05, 0.1) is 18.4 Å². The molecule has 1 heterocycles. The van der Waals surface area contributed by atoms with E-state index < -0.39 is 17.4 Å². The third-order valence-corrected chi connectivity index (χ3v) is 4.97. The van der Waals surface area contributed by atoms with E-state index in [0.29, 0.717) is 17.3 Å². The summed E-state index contributed by atoms with van der Waals surface area (Å²) in [5.74, 6) is -1.36. The molecule has 0 unspecified atom stereocenters. The lowest BCUT2D eigenvalue weighted by Gasteiger charge is -2.45. The fraction of sp³-hybridized carbons (Fsp3) is 0.438. The number of aliphatic imine (C=N–C) groups is 2. The van der Waals surface area contributed by atoms with Crippen molar-refractivity contribution in [2.24, 2.45) is 21.5 Å². The Morgan fingerprint density at radius 2 is 2.00 bits per heavy atom. The fourth-order valence-electron chi connectivity index (χ4n) is 3.47. The summed E-state index contributed by atoms with van der Waals surface area (Å²) in [6, 6.07) is 2.92. The van der Waals surface area contributed by atoms with Gasteiger partial charge < -0.3 is 16.2 Å². The van der Waals surface area contributed by atoms with Crippen molar-refractivity contribution in [3.05, 3.63) is 28.0 Å². The molecule has 2 aliphatic rings. The number of halogens is 2. The molecule has 1 aromatic rings. The Hall–Kier alpha value is -2.16. The number of nitrogens with zero attached hydrogens (tertiary/aromatic N) is 3. The minimum absolute atomic E-state index is 0.0576. The first kappa shape index (κ1) is 17.7. The van der Waals surface area contributed by atoms with Crippen molar-refractivity contribution in [1.29, 1.82) is 0 Å². The molecule has 1 aromatic carbocycles. The standard InChI is InChI=1S/C16H19BrFN5O2/c1-25-13(24)10-7-9(17)8-11(12(10)18)23-15(20)21-14(19)22-16(23)5-3-2-4-6-16/h7-8H,2-6H2,1H3,(H4,19,20,21,22). The molecule has 0 amide bonds. The van der Waals surface area contributed by atoms with Gasteiger partial charge in [-0.2, -0.15) is 4.99 Å². The first-order valence-electron chi connectivity index (χ1n) is 7.95. The highest BCUT2D eigenvalue weighted by molar-refractivity contribution is 9.10. The summed E-state index contributed by atoms with van der Waals surface area (Å²) in [6.07, 6.45) is 4.24. The van der Waals surface area contributed by atoms with Crippen LogP contribution in [0.2, 0.25) is 0 Å². The molecule has 1 fully saturated rings. The Labute approximate surface area is 153 Å². The smallest absolute Gasteiger partial charge is 0.340 e. The van der Waals surface area contributed by atoms with E-state index >= 15 is 4.39 Å². The molecular formula is C16H19BrFN5O2. The summed E-state index contributed by atoms with van der Waals surface area (Å²) in [5.41, 5.74) is 11.1. The van der Waals surface area contributed by atoms with Gasteiger partial charge in [-0.3, -0.25) is 4.90 Å². The molecular weight excluding hydrogens is 393 g/mol. The Balaban J connectivity index is 2.18. The molecule has 1 aliphatic carbocycles. The van der Waals surface area contributed by atoms with Crippen molar-refractivity contribution < 1.29 is 13.9 Å². The van der Waals surface area contributed by atoms with Crippen LogP contribution in [0.1, 0.15) is 42.5 Å². The number of esters is 1. The number of benzene rings is 1. The fourth-order valence-corrected chi connectivity index (χ4v) is 3.91. The average molecular weight is 412 g/mol. The van der Waals surface area contributed by atoms with Gasteiger partial charge in [0.1, 0.15) is 5.66 Å². The summed E-state index contributed by atoms with van der Waals surface area (Å²) in [5, 5.41) is 0. The number of hydrogen-bond acceptors (Lipinski definition) is 7. The van der Waals surface area contributed by atoms with E-state index in [-0.39, 0.29) is 23.2 Å². The molecule has 1 aliphatic heterocycles. The first-order valence-corrected chi connectivity index (χ1v) is 8.74. The topological polar surface area (TPSA) is 106 Å². The van der Waals surface area contributed by atoms with Gasteiger partial charge >= 0.3 is 5.97 Å². The zero-order valence-electron chi connectivity index (χ0n) is 13.8. The second-order valence-electron chi connectivity index (χ2n) is 6.10. The van der Waals surface area contributed by atoms with Gasteiger partial charge in [-0.15, -0.1) is 0 Å². The number of hydrogen-bond donors (Lipinski definition) is 2. The van der Waals surface area contributed by atoms with Crippen LogP contribution < -0.4 is 16.4 Å². The number of carbonyl (C=O) groups excluding carboxylic acids is 1. The van der Waals surface area contributed by atoms with Crippen LogP contribution in [0.3, 0.4) is 0 Å². The Morgan fingerprint density at radius 1 is 1.32 bits per heavy atom. The molecule has 0 bridgehead atoms. The number of nitrogens with two attached hydrogens (primary N) is 2. The average Bonchev–Trinajstić information content (AvgIpc) is 2.56. The number of methoxy groups -OCH3 is 1. The SMILES string of the molecule is COC(=O)c1cc(Br)cc(N2C(N)=NC(N)=NC23CCCCC3)c1F. The van der Waals surface area contributed by atoms with Gasteiger partial charge in [-0.25, -0.2) is 14.2 Å². The van der Waals surface area contributed by atoms with Crippen LogP contribution in [0.15, 0.2) is 26.6 Å². The molecule has 0 aromatic heterocycles. The summed E-state index contributed by atoms with van der Waals surface area (Å²) < 4.78 is 20.3. The predicted octanol–water partition coefficient (Wildman–Crippen LogP) is 2.48. The van der Waals surface area contributed by atoms with Crippen molar-refractivity contribution in [1.82, 2.24) is 0 Å². The van der Waals surface area contributed by atoms with E-state index in [0.717, 1.165) is 19.3 Å². The Bertz CT molecular complexity index is 774. The van der Waals surface area contributed by atoms with E-state index in [2.05, 4.69) is 30.7 Å². The van der Waals surface area contributed by atoms with Gasteiger partial charge in [-0.1, -0.05) is 22.4 Å². The Morgan fingerprint density at radius 3 is 2.64 bits per heavy atom. The molecule has 0 radical (unpaired) electrons. The summed E-state index contributed by atoms with van der Waals surface area (Å²) >= 11 is 3.31. The third kappa shape index (κ3) is 3.08. The largest absolute Gasteiger partial charge is 0.465 e. The summed E-state index contributed by atoms with van der Waals surface area (Å²) in [6.45, 7) is 0. The molecule has 3 rings (SSSR count). The summed E-state index contributed by atoms with van der Waals surface area (Å²) in [4.78, 5) is 22.0. The monoisotopic (exact) mass is 411 g/mol. The van der Waals surface area contributed by atoms with Crippen LogP contribution in [0.4, 0.5) is 10.1 Å². The van der Waals surface area contributed by atoms with Gasteiger partial charge in [0.15, 0.2) is 5.82 Å². The lowest BCUT2D eigenvalue weighted by molar-refractivity contribution is 0.0595. The minimum atomic E-state index is -0.789. The van der Waals surface area contributed by atoms with Gasteiger partial charge in [0.2, 0.25) is 11.9 Å². The second kappa shape index (κ2) is 6.62. The highest BCUT2D eigenvalue weighted by Gasteiger charge is 2.44. The van der Waals surface area contributed by atoms with Crippen LogP contribution in [-0.4, -0.2) is 30.7 Å². The van der Waals surface area contributed by atoms with E-state index in [1.807, 2.05) is 0 Å². The zero-order valence-corrected chi connectivity index (χ0v) is 15.3. The van der Waals surface area contributed by atoms with E-state index in [4.69, 9.17) is 11.5 Å². The maximum atomic E-state index is 15.1. The first-order chi connectivity index (χ1) is 11.9. The molecule has 0 atom stereocenters. The molecule has 7 nitrogen and oxygen atoms in total. The molecule has 4 N–H and O–H groups in total. The van der Waals surface area contributed by atoms with Crippen LogP contribution in [0, 0.1) is 5.82 Å². The van der Waals surface area contributed by atoms with Crippen LogP contribution in [0.25, 0.3) is 0 Å². The van der Waals surface area contributed by atoms with Gasteiger partial charge in [0.25, 0.3) is 0 Å². The van der Waals surface area contributed by atoms with E-state index in [1.165, 1.54) is 13.2 Å². The van der Waals surface area contributed by atoms with Gasteiger partial charge in [0, 0.05) is 4.47 Å².